The minimum Gasteiger partial charge on any atom is -0.393 e. The Hall–Kier alpha value is -0.680. The molecule has 1 saturated carbocycles. The van der Waals surface area contributed by atoms with Crippen LogP contribution in [-0.2, 0) is 4.79 Å². The Kier molecular flexibility index (Phi) is 5.58. The number of hydrogen-bond donors (Lipinski definition) is 2. The van der Waals surface area contributed by atoms with Gasteiger partial charge in [-0.05, 0) is 32.2 Å². The maximum Gasteiger partial charge on any atom is 0.234 e. The molecular weight excluding hydrogens is 258 g/mol. The summed E-state index contributed by atoms with van der Waals surface area (Å²) in [5.74, 6) is 0.446. The van der Waals surface area contributed by atoms with Crippen molar-refractivity contribution in [2.24, 2.45) is 11.7 Å². The van der Waals surface area contributed by atoms with Gasteiger partial charge in [0.1, 0.15) is 0 Å². The minimum atomic E-state index is 0.162. The Morgan fingerprint density at radius 3 is 2.63 bits per heavy atom. The molecule has 0 aromatic heterocycles. The number of thiocarbonyl (C=S) groups is 1. The summed E-state index contributed by atoms with van der Waals surface area (Å²) in [7, 11) is 0. The number of carbonyl (C=O) groups excluding carboxylic acids is 1. The highest BCUT2D eigenvalue weighted by Crippen LogP contribution is 2.18. The van der Waals surface area contributed by atoms with Crippen LogP contribution >= 0.6 is 12.2 Å². The summed E-state index contributed by atoms with van der Waals surface area (Å²) >= 11 is 5.06. The van der Waals surface area contributed by atoms with Gasteiger partial charge in [0.05, 0.1) is 11.5 Å². The number of hydrogen-bond acceptors (Lipinski definition) is 3. The van der Waals surface area contributed by atoms with Crippen molar-refractivity contribution in [3.05, 3.63) is 0 Å². The summed E-state index contributed by atoms with van der Waals surface area (Å²) in [5.41, 5.74) is 5.71. The van der Waals surface area contributed by atoms with Crippen LogP contribution in [-0.4, -0.2) is 41.5 Å². The molecule has 2 rings (SSSR count). The second-order valence-electron chi connectivity index (χ2n) is 5.88. The van der Waals surface area contributed by atoms with Crippen LogP contribution in [0.3, 0.4) is 0 Å². The zero-order chi connectivity index (χ0) is 13.7. The van der Waals surface area contributed by atoms with E-state index in [0.29, 0.717) is 17.6 Å². The Morgan fingerprint density at radius 1 is 1.21 bits per heavy atom. The Balaban J connectivity index is 1.73. The molecule has 1 amide bonds. The summed E-state index contributed by atoms with van der Waals surface area (Å²) in [6.45, 7) is 2.32. The number of nitrogens with two attached hydrogens (primary N) is 1. The van der Waals surface area contributed by atoms with Crippen LogP contribution in [0, 0.1) is 5.92 Å². The zero-order valence-electron chi connectivity index (χ0n) is 11.6. The number of piperidine rings is 1. The number of amides is 1. The van der Waals surface area contributed by atoms with Crippen LogP contribution in [0.5, 0.6) is 0 Å². The van der Waals surface area contributed by atoms with Crippen LogP contribution < -0.4 is 11.1 Å². The van der Waals surface area contributed by atoms with Gasteiger partial charge in [-0.25, -0.2) is 0 Å². The first-order valence-corrected chi connectivity index (χ1v) is 7.87. The van der Waals surface area contributed by atoms with E-state index in [2.05, 4.69) is 10.2 Å². The molecule has 2 aliphatic rings. The largest absolute Gasteiger partial charge is 0.393 e. The molecule has 0 bridgehead atoms. The van der Waals surface area contributed by atoms with Crippen molar-refractivity contribution in [3.63, 3.8) is 0 Å². The van der Waals surface area contributed by atoms with Gasteiger partial charge in [-0.15, -0.1) is 0 Å². The van der Waals surface area contributed by atoms with Crippen molar-refractivity contribution in [2.45, 2.75) is 51.0 Å². The topological polar surface area (TPSA) is 58.4 Å². The Bertz CT molecular complexity index is 329. The number of nitrogens with one attached hydrogen (secondary N) is 1. The molecule has 108 valence electrons. The maximum absolute atomic E-state index is 12.0. The van der Waals surface area contributed by atoms with Crippen LogP contribution in [0.1, 0.15) is 44.9 Å². The number of likely N-dealkylation sites (tertiary alicyclic amines) is 1. The molecule has 1 aliphatic carbocycles. The summed E-state index contributed by atoms with van der Waals surface area (Å²) in [5, 5.41) is 3.17. The van der Waals surface area contributed by atoms with Crippen LogP contribution in [0.25, 0.3) is 0 Å². The predicted octanol–water partition coefficient (Wildman–Crippen LogP) is 1.43. The SMILES string of the molecule is NC(=S)C1CCCN(CC(=O)NC2CCCCC2)C1. The molecule has 19 heavy (non-hydrogen) atoms. The van der Waals surface area contributed by atoms with Crippen molar-refractivity contribution >= 4 is 23.1 Å². The van der Waals surface area contributed by atoms with Crippen molar-refractivity contribution in [1.29, 1.82) is 0 Å². The molecule has 0 aromatic rings. The van der Waals surface area contributed by atoms with E-state index in [1.807, 2.05) is 0 Å². The number of nitrogens with zero attached hydrogens (tertiary/aromatic N) is 1. The summed E-state index contributed by atoms with van der Waals surface area (Å²) in [6, 6.07) is 0.400. The molecule has 3 N–H and O–H groups in total. The van der Waals surface area contributed by atoms with E-state index < -0.39 is 0 Å². The molecule has 1 saturated heterocycles. The third kappa shape index (κ3) is 4.73. The third-order valence-corrected chi connectivity index (χ3v) is 4.58. The van der Waals surface area contributed by atoms with Crippen LogP contribution in [0.2, 0.25) is 0 Å². The molecule has 1 atom stereocenters. The fourth-order valence-corrected chi connectivity index (χ4v) is 3.35. The molecular formula is C14H25N3OS. The lowest BCUT2D eigenvalue weighted by Crippen LogP contribution is -2.47. The van der Waals surface area contributed by atoms with Gasteiger partial charge in [0.2, 0.25) is 5.91 Å². The van der Waals surface area contributed by atoms with Gasteiger partial charge in [0.15, 0.2) is 0 Å². The van der Waals surface area contributed by atoms with Gasteiger partial charge in [-0.1, -0.05) is 31.5 Å². The highest BCUT2D eigenvalue weighted by Gasteiger charge is 2.24. The monoisotopic (exact) mass is 283 g/mol. The number of carbonyl (C=O) groups is 1. The van der Waals surface area contributed by atoms with Crippen LogP contribution in [0.15, 0.2) is 0 Å². The smallest absolute Gasteiger partial charge is 0.234 e. The predicted molar refractivity (Wildman–Crippen MR) is 81.0 cm³/mol. The van der Waals surface area contributed by atoms with E-state index in [9.17, 15) is 4.79 Å². The van der Waals surface area contributed by atoms with E-state index in [4.69, 9.17) is 18.0 Å². The first kappa shape index (κ1) is 14.7. The van der Waals surface area contributed by atoms with Gasteiger partial charge in [0.25, 0.3) is 0 Å². The average molecular weight is 283 g/mol. The first-order valence-electron chi connectivity index (χ1n) is 7.46. The quantitative estimate of drug-likeness (QED) is 0.767. The van der Waals surface area contributed by atoms with Gasteiger partial charge in [-0.3, -0.25) is 9.69 Å². The highest BCUT2D eigenvalue weighted by atomic mass is 32.1. The summed E-state index contributed by atoms with van der Waals surface area (Å²) < 4.78 is 0. The van der Waals surface area contributed by atoms with Gasteiger partial charge in [0, 0.05) is 18.5 Å². The first-order chi connectivity index (χ1) is 9.15. The van der Waals surface area contributed by atoms with E-state index >= 15 is 0 Å². The summed E-state index contributed by atoms with van der Waals surface area (Å²) in [6.07, 6.45) is 8.24. The fourth-order valence-electron chi connectivity index (χ4n) is 3.15. The standard InChI is InChI=1S/C14H25N3OS/c15-14(19)11-5-4-8-17(9-11)10-13(18)16-12-6-2-1-3-7-12/h11-12H,1-10H2,(H2,15,19)(H,16,18). The van der Waals surface area contributed by atoms with Crippen molar-refractivity contribution in [2.75, 3.05) is 19.6 Å². The Morgan fingerprint density at radius 2 is 1.95 bits per heavy atom. The molecule has 1 aliphatic heterocycles. The molecule has 5 heteroatoms. The minimum absolute atomic E-state index is 0.162. The van der Waals surface area contributed by atoms with Gasteiger partial charge in [-0.2, -0.15) is 0 Å². The lowest BCUT2D eigenvalue weighted by molar-refractivity contribution is -0.123. The normalized spacial score (nSPS) is 26.0. The highest BCUT2D eigenvalue weighted by molar-refractivity contribution is 7.80. The molecule has 4 nitrogen and oxygen atoms in total. The molecule has 1 heterocycles. The summed E-state index contributed by atoms with van der Waals surface area (Å²) in [4.78, 5) is 14.8. The van der Waals surface area contributed by atoms with E-state index in [1.54, 1.807) is 0 Å². The van der Waals surface area contributed by atoms with Crippen molar-refractivity contribution in [3.8, 4) is 0 Å². The van der Waals surface area contributed by atoms with E-state index in [0.717, 1.165) is 38.8 Å². The van der Waals surface area contributed by atoms with Crippen molar-refractivity contribution in [1.82, 2.24) is 10.2 Å². The molecule has 0 radical (unpaired) electrons. The Labute approximate surface area is 121 Å². The van der Waals surface area contributed by atoms with Gasteiger partial charge < -0.3 is 11.1 Å². The maximum atomic E-state index is 12.0. The molecule has 2 fully saturated rings. The molecule has 1 unspecified atom stereocenters. The van der Waals surface area contributed by atoms with Gasteiger partial charge >= 0.3 is 0 Å². The number of rotatable bonds is 4. The lowest BCUT2D eigenvalue weighted by Gasteiger charge is -2.32. The lowest BCUT2D eigenvalue weighted by atomic mass is 9.95. The van der Waals surface area contributed by atoms with Crippen LogP contribution in [0.4, 0.5) is 0 Å². The average Bonchev–Trinajstić information content (AvgIpc) is 2.40. The fraction of sp³-hybridized carbons (Fsp3) is 0.857. The zero-order valence-corrected chi connectivity index (χ0v) is 12.4. The molecule has 0 aromatic carbocycles. The second kappa shape index (κ2) is 7.20. The third-order valence-electron chi connectivity index (χ3n) is 4.25. The van der Waals surface area contributed by atoms with E-state index in [1.165, 1.54) is 19.3 Å². The molecule has 0 spiro atoms. The van der Waals surface area contributed by atoms with E-state index in [-0.39, 0.29) is 11.8 Å². The van der Waals surface area contributed by atoms with Crippen molar-refractivity contribution < 1.29 is 4.79 Å². The second-order valence-corrected chi connectivity index (χ2v) is 6.35.